The van der Waals surface area contributed by atoms with Crippen molar-refractivity contribution < 1.29 is 4.79 Å². The molecular weight excluding hydrogens is 402 g/mol. The average Bonchev–Trinajstić information content (AvgIpc) is 3.33. The summed E-state index contributed by atoms with van der Waals surface area (Å²) in [6, 6.07) is 26.5. The van der Waals surface area contributed by atoms with Crippen molar-refractivity contribution in [2.45, 2.75) is 23.9 Å². The van der Waals surface area contributed by atoms with Crippen LogP contribution in [-0.2, 0) is 6.54 Å². The van der Waals surface area contributed by atoms with Crippen LogP contribution >= 0.6 is 11.8 Å². The molecule has 0 aliphatic carbocycles. The summed E-state index contributed by atoms with van der Waals surface area (Å²) in [5.41, 5.74) is 5.08. The largest absolute Gasteiger partial charge is 0.345 e. The third-order valence-corrected chi connectivity index (χ3v) is 6.73. The Labute approximate surface area is 186 Å². The summed E-state index contributed by atoms with van der Waals surface area (Å²) in [4.78, 5) is 14.5. The van der Waals surface area contributed by atoms with Crippen LogP contribution in [0.15, 0.2) is 96.2 Å². The lowest BCUT2D eigenvalue weighted by Crippen LogP contribution is -2.31. The minimum absolute atomic E-state index is 0.0251. The number of carbonyl (C=O) groups is 1. The zero-order valence-electron chi connectivity index (χ0n) is 17.1. The van der Waals surface area contributed by atoms with Gasteiger partial charge < -0.3 is 5.32 Å². The molecule has 1 aliphatic rings. The van der Waals surface area contributed by atoms with Gasteiger partial charge in [-0.1, -0.05) is 60.7 Å². The number of fused-ring (bicyclic) bond motifs is 1. The molecule has 0 bridgehead atoms. The highest BCUT2D eigenvalue weighted by molar-refractivity contribution is 7.99. The van der Waals surface area contributed by atoms with E-state index >= 15 is 0 Å². The fraction of sp³-hybridized carbons (Fsp3) is 0.154. The quantitative estimate of drug-likeness (QED) is 0.455. The van der Waals surface area contributed by atoms with Crippen molar-refractivity contribution in [3.63, 3.8) is 0 Å². The molecule has 2 heterocycles. The Bertz CT molecular complexity index is 1190. The second kappa shape index (κ2) is 8.82. The summed E-state index contributed by atoms with van der Waals surface area (Å²) in [5, 5.41) is 7.54. The summed E-state index contributed by atoms with van der Waals surface area (Å²) >= 11 is 1.86. The Hall–Kier alpha value is -3.31. The summed E-state index contributed by atoms with van der Waals surface area (Å²) in [6.45, 7) is 0.731. The number of hydrogen-bond donors (Lipinski definition) is 1. The van der Waals surface area contributed by atoms with E-state index in [9.17, 15) is 4.79 Å². The molecule has 0 saturated carbocycles. The maximum Gasteiger partial charge on any atom is 0.252 e. The van der Waals surface area contributed by atoms with E-state index < -0.39 is 0 Å². The fourth-order valence-electron chi connectivity index (χ4n) is 4.03. The van der Waals surface area contributed by atoms with Crippen molar-refractivity contribution in [1.29, 1.82) is 0 Å². The predicted molar refractivity (Wildman–Crippen MR) is 125 cm³/mol. The maximum atomic E-state index is 13.3. The van der Waals surface area contributed by atoms with Gasteiger partial charge in [0.05, 0.1) is 12.6 Å². The zero-order chi connectivity index (χ0) is 21.0. The van der Waals surface area contributed by atoms with Crippen LogP contribution in [0.1, 0.15) is 33.9 Å². The molecule has 4 nitrogen and oxygen atoms in total. The van der Waals surface area contributed by atoms with Crippen LogP contribution in [-0.4, -0.2) is 21.4 Å². The highest BCUT2D eigenvalue weighted by Gasteiger charge is 2.23. The lowest BCUT2D eigenvalue weighted by Gasteiger charge is -2.26. The van der Waals surface area contributed by atoms with Gasteiger partial charge in [-0.2, -0.15) is 5.10 Å². The van der Waals surface area contributed by atoms with Crippen molar-refractivity contribution in [3.05, 3.63) is 108 Å². The van der Waals surface area contributed by atoms with Gasteiger partial charge >= 0.3 is 0 Å². The minimum atomic E-state index is -0.0251. The van der Waals surface area contributed by atoms with Crippen LogP contribution in [0.3, 0.4) is 0 Å². The summed E-state index contributed by atoms with van der Waals surface area (Å²) in [6.07, 6.45) is 4.68. The van der Waals surface area contributed by atoms with Crippen molar-refractivity contribution in [3.8, 4) is 11.1 Å². The number of thioether (sulfide) groups is 1. The van der Waals surface area contributed by atoms with E-state index in [1.807, 2.05) is 59.0 Å². The molecule has 1 atom stereocenters. The molecular formula is C26H23N3OS. The van der Waals surface area contributed by atoms with Crippen LogP contribution in [0.5, 0.6) is 0 Å². The monoisotopic (exact) mass is 425 g/mol. The van der Waals surface area contributed by atoms with E-state index in [1.165, 1.54) is 16.0 Å². The molecule has 5 heteroatoms. The Kier molecular flexibility index (Phi) is 5.59. The first-order valence-electron chi connectivity index (χ1n) is 10.5. The summed E-state index contributed by atoms with van der Waals surface area (Å²) in [5.74, 6) is 0.990. The van der Waals surface area contributed by atoms with E-state index in [-0.39, 0.29) is 11.9 Å². The number of nitrogens with one attached hydrogen (secondary N) is 1. The van der Waals surface area contributed by atoms with E-state index in [0.29, 0.717) is 5.56 Å². The van der Waals surface area contributed by atoms with Crippen LogP contribution in [0.25, 0.3) is 11.1 Å². The molecule has 0 spiro atoms. The second-order valence-corrected chi connectivity index (χ2v) is 8.78. The molecule has 1 aliphatic heterocycles. The standard InChI is InChI=1S/C26H23N3OS/c30-26(28-24-14-17-31-25-9-4-3-8-23(24)25)22-7-2-1-6-21(22)20-12-10-19(11-13-20)18-29-16-5-15-27-29/h1-13,15-16,24H,14,17-18H2,(H,28,30). The number of aromatic nitrogens is 2. The van der Waals surface area contributed by atoms with E-state index in [0.717, 1.165) is 29.8 Å². The third kappa shape index (κ3) is 4.28. The summed E-state index contributed by atoms with van der Waals surface area (Å²) < 4.78 is 1.90. The predicted octanol–water partition coefficient (Wildman–Crippen LogP) is 5.57. The molecule has 31 heavy (non-hydrogen) atoms. The molecule has 0 saturated heterocycles. The van der Waals surface area contributed by atoms with Crippen LogP contribution < -0.4 is 5.32 Å². The van der Waals surface area contributed by atoms with Gasteiger partial charge in [0.1, 0.15) is 0 Å². The van der Waals surface area contributed by atoms with Gasteiger partial charge in [-0.15, -0.1) is 11.8 Å². The topological polar surface area (TPSA) is 46.9 Å². The van der Waals surface area contributed by atoms with Gasteiger partial charge in [0.25, 0.3) is 5.91 Å². The van der Waals surface area contributed by atoms with Crippen molar-refractivity contribution >= 4 is 17.7 Å². The summed E-state index contributed by atoms with van der Waals surface area (Å²) in [7, 11) is 0. The van der Waals surface area contributed by atoms with Crippen molar-refractivity contribution in [2.75, 3.05) is 5.75 Å². The smallest absolute Gasteiger partial charge is 0.252 e. The molecule has 4 aromatic rings. The molecule has 0 fully saturated rings. The lowest BCUT2D eigenvalue weighted by atomic mass is 9.97. The van der Waals surface area contributed by atoms with E-state index in [2.05, 4.69) is 52.9 Å². The van der Waals surface area contributed by atoms with Crippen molar-refractivity contribution in [2.24, 2.45) is 0 Å². The highest BCUT2D eigenvalue weighted by Crippen LogP contribution is 2.36. The lowest BCUT2D eigenvalue weighted by molar-refractivity contribution is 0.0935. The van der Waals surface area contributed by atoms with E-state index in [1.54, 1.807) is 6.20 Å². The second-order valence-electron chi connectivity index (χ2n) is 7.65. The minimum Gasteiger partial charge on any atom is -0.345 e. The van der Waals surface area contributed by atoms with Gasteiger partial charge in [-0.25, -0.2) is 0 Å². The Morgan fingerprint density at radius 1 is 1.00 bits per heavy atom. The van der Waals surface area contributed by atoms with Crippen LogP contribution in [0.4, 0.5) is 0 Å². The van der Waals surface area contributed by atoms with Gasteiger partial charge in [-0.3, -0.25) is 9.48 Å². The first kappa shape index (κ1) is 19.6. The third-order valence-electron chi connectivity index (χ3n) is 5.60. The van der Waals surface area contributed by atoms with E-state index in [4.69, 9.17) is 0 Å². The fourth-order valence-corrected chi connectivity index (χ4v) is 5.16. The Balaban J connectivity index is 1.38. The maximum absolute atomic E-state index is 13.3. The first-order valence-corrected chi connectivity index (χ1v) is 11.4. The normalized spacial score (nSPS) is 15.3. The molecule has 1 unspecified atom stereocenters. The van der Waals surface area contributed by atoms with Gasteiger partial charge in [0.2, 0.25) is 0 Å². The number of benzene rings is 3. The first-order chi connectivity index (χ1) is 15.3. The molecule has 5 rings (SSSR count). The van der Waals surface area contributed by atoms with Crippen LogP contribution in [0, 0.1) is 0 Å². The van der Waals surface area contributed by atoms with Gasteiger partial charge in [-0.05, 0) is 46.9 Å². The zero-order valence-corrected chi connectivity index (χ0v) is 17.9. The molecule has 0 radical (unpaired) electrons. The molecule has 1 N–H and O–H groups in total. The van der Waals surface area contributed by atoms with Gasteiger partial charge in [0, 0.05) is 28.6 Å². The number of hydrogen-bond acceptors (Lipinski definition) is 3. The number of carbonyl (C=O) groups excluding carboxylic acids is 1. The average molecular weight is 426 g/mol. The van der Waals surface area contributed by atoms with Crippen molar-refractivity contribution in [1.82, 2.24) is 15.1 Å². The Morgan fingerprint density at radius 2 is 1.81 bits per heavy atom. The number of nitrogens with zero attached hydrogens (tertiary/aromatic N) is 2. The molecule has 1 aromatic heterocycles. The highest BCUT2D eigenvalue weighted by atomic mass is 32.2. The van der Waals surface area contributed by atoms with Gasteiger partial charge in [0.15, 0.2) is 0 Å². The molecule has 154 valence electrons. The molecule has 3 aromatic carbocycles. The number of amides is 1. The van der Waals surface area contributed by atoms with Crippen LogP contribution in [0.2, 0.25) is 0 Å². The number of rotatable bonds is 5. The molecule has 1 amide bonds. The Morgan fingerprint density at radius 3 is 2.65 bits per heavy atom. The SMILES string of the molecule is O=C(NC1CCSc2ccccc21)c1ccccc1-c1ccc(Cn2cccn2)cc1.